The number of carboxylic acid groups (broad SMARTS) is 1. The van der Waals surface area contributed by atoms with Crippen molar-refractivity contribution in [1.29, 1.82) is 0 Å². The van der Waals surface area contributed by atoms with E-state index in [2.05, 4.69) is 12.6 Å². The smallest absolute Gasteiger partial charge is 0.319 e. The Morgan fingerprint density at radius 2 is 1.59 bits per heavy atom. The van der Waals surface area contributed by atoms with Crippen molar-refractivity contribution in [2.75, 3.05) is 39.3 Å². The molecular weight excluding hydrogens is 366 g/mol. The van der Waals surface area contributed by atoms with Gasteiger partial charge in [0.05, 0.1) is 5.70 Å². The van der Waals surface area contributed by atoms with Crippen LogP contribution < -0.4 is 0 Å². The maximum atomic E-state index is 12.4. The highest BCUT2D eigenvalue weighted by atomic mass is 32.1. The average Bonchev–Trinajstić information content (AvgIpc) is 3.48. The van der Waals surface area contributed by atoms with Crippen LogP contribution in [0, 0.1) is 0 Å². The van der Waals surface area contributed by atoms with Gasteiger partial charge in [0, 0.05) is 45.3 Å². The molecule has 0 aromatic rings. The Hall–Kier alpha value is -1.96. The lowest BCUT2D eigenvalue weighted by atomic mass is 10.0. The van der Waals surface area contributed by atoms with Crippen molar-refractivity contribution < 1.29 is 19.5 Å². The Balaban J connectivity index is 0.000000183. The molecule has 3 saturated heterocycles. The van der Waals surface area contributed by atoms with Crippen molar-refractivity contribution in [1.82, 2.24) is 14.7 Å². The summed E-state index contributed by atoms with van der Waals surface area (Å²) in [6.07, 6.45) is 4.10. The molecular formula is C19H27N3O4S. The topological polar surface area (TPSA) is 80.5 Å². The number of nitrogens with zero attached hydrogens (tertiary/aromatic N) is 3. The number of carbonyl (C=O) groups is 3. The highest BCUT2D eigenvalue weighted by molar-refractivity contribution is 7.82. The second-order valence-electron chi connectivity index (χ2n) is 7.56. The van der Waals surface area contributed by atoms with Crippen LogP contribution in [0.3, 0.4) is 0 Å². The van der Waals surface area contributed by atoms with Crippen LogP contribution in [0.2, 0.25) is 0 Å². The van der Waals surface area contributed by atoms with Crippen LogP contribution in [0.5, 0.6) is 0 Å². The number of thiol groups is 1. The summed E-state index contributed by atoms with van der Waals surface area (Å²) in [5.74, 6) is -0.781. The van der Waals surface area contributed by atoms with Crippen molar-refractivity contribution in [2.24, 2.45) is 0 Å². The van der Waals surface area contributed by atoms with E-state index < -0.39 is 10.7 Å². The second kappa shape index (κ2) is 7.58. The number of allylic oxidation sites excluding steroid dienone is 1. The minimum absolute atomic E-state index is 0.00546. The highest BCUT2D eigenvalue weighted by Crippen LogP contribution is 2.33. The summed E-state index contributed by atoms with van der Waals surface area (Å²) in [7, 11) is 0. The number of hydrogen-bond donors (Lipinski definition) is 2. The molecule has 0 saturated carbocycles. The maximum absolute atomic E-state index is 12.4. The monoisotopic (exact) mass is 393 g/mol. The molecule has 8 heteroatoms. The molecule has 27 heavy (non-hydrogen) atoms. The molecule has 0 aromatic heterocycles. The van der Waals surface area contributed by atoms with Gasteiger partial charge in [-0.15, -0.1) is 0 Å². The van der Waals surface area contributed by atoms with E-state index in [9.17, 15) is 14.4 Å². The van der Waals surface area contributed by atoms with Crippen LogP contribution >= 0.6 is 12.6 Å². The van der Waals surface area contributed by atoms with Gasteiger partial charge in [-0.1, -0.05) is 19.8 Å². The van der Waals surface area contributed by atoms with E-state index in [1.165, 1.54) is 6.08 Å². The zero-order valence-corrected chi connectivity index (χ0v) is 16.8. The van der Waals surface area contributed by atoms with E-state index >= 15 is 0 Å². The number of carbonyl (C=O) groups excluding carboxylic acids is 2. The summed E-state index contributed by atoms with van der Waals surface area (Å²) >= 11 is 4.02. The first-order chi connectivity index (χ1) is 12.8. The lowest BCUT2D eigenvalue weighted by molar-refractivity contribution is -0.139. The minimum atomic E-state index is -0.837. The van der Waals surface area contributed by atoms with Gasteiger partial charge < -0.3 is 19.8 Å². The average molecular weight is 394 g/mol. The van der Waals surface area contributed by atoms with Crippen LogP contribution in [0.15, 0.2) is 23.2 Å². The molecule has 1 atom stereocenters. The zero-order valence-electron chi connectivity index (χ0n) is 15.9. The third-order valence-electron chi connectivity index (χ3n) is 4.97. The molecule has 0 spiro atoms. The molecule has 1 unspecified atom stereocenters. The highest BCUT2D eigenvalue weighted by Gasteiger charge is 2.43. The fourth-order valence-corrected chi connectivity index (χ4v) is 3.06. The van der Waals surface area contributed by atoms with Gasteiger partial charge in [-0.05, 0) is 13.3 Å². The Morgan fingerprint density at radius 1 is 1.07 bits per heavy atom. The van der Waals surface area contributed by atoms with E-state index in [4.69, 9.17) is 5.11 Å². The van der Waals surface area contributed by atoms with E-state index in [1.807, 2.05) is 21.6 Å². The largest absolute Gasteiger partial charge is 0.480 e. The van der Waals surface area contributed by atoms with Gasteiger partial charge >= 0.3 is 5.97 Å². The van der Waals surface area contributed by atoms with Crippen molar-refractivity contribution in [3.05, 3.63) is 23.2 Å². The molecule has 7 nitrogen and oxygen atoms in total. The Kier molecular flexibility index (Phi) is 5.55. The van der Waals surface area contributed by atoms with Crippen molar-refractivity contribution in [3.8, 4) is 0 Å². The Morgan fingerprint density at radius 3 is 2.04 bits per heavy atom. The number of aliphatic carboxylic acids is 1. The van der Waals surface area contributed by atoms with Gasteiger partial charge in [-0.2, -0.15) is 12.6 Å². The van der Waals surface area contributed by atoms with Crippen LogP contribution in [0.25, 0.3) is 0 Å². The Bertz CT molecular complexity index is 716. The molecule has 4 rings (SSSR count). The fraction of sp³-hybridized carbons (Fsp3) is 0.632. The molecule has 0 amide bonds. The van der Waals surface area contributed by atoms with Gasteiger partial charge in [0.15, 0.2) is 0 Å². The minimum Gasteiger partial charge on any atom is -0.480 e. The molecule has 3 heterocycles. The second-order valence-corrected chi connectivity index (χ2v) is 8.55. The molecule has 3 fully saturated rings. The maximum Gasteiger partial charge on any atom is 0.319 e. The summed E-state index contributed by atoms with van der Waals surface area (Å²) < 4.78 is -0.837. The van der Waals surface area contributed by atoms with Crippen LogP contribution in [0.4, 0.5) is 0 Å². The van der Waals surface area contributed by atoms with Gasteiger partial charge in [0.25, 0.3) is 0 Å². The van der Waals surface area contributed by atoms with Gasteiger partial charge in [-0.25, -0.2) is 0 Å². The number of rotatable bonds is 7. The van der Waals surface area contributed by atoms with E-state index in [-0.39, 0.29) is 11.6 Å². The first-order valence-electron chi connectivity index (χ1n) is 9.52. The van der Waals surface area contributed by atoms with E-state index in [1.54, 1.807) is 6.92 Å². The third kappa shape index (κ3) is 4.66. The first kappa shape index (κ1) is 19.8. The number of unbranched alkanes of at least 4 members (excludes halogenated alkanes) is 1. The Labute approximate surface area is 165 Å². The molecule has 3 aliphatic heterocycles. The molecule has 1 N–H and O–H groups in total. The predicted octanol–water partition coefficient (Wildman–Crippen LogP) is 1.13. The summed E-state index contributed by atoms with van der Waals surface area (Å²) in [4.78, 5) is 40.9. The molecule has 0 radical (unpaired) electrons. The van der Waals surface area contributed by atoms with Crippen molar-refractivity contribution in [2.45, 2.75) is 37.9 Å². The molecule has 0 aromatic carbocycles. The van der Waals surface area contributed by atoms with Gasteiger partial charge in [0.2, 0.25) is 11.6 Å². The quantitative estimate of drug-likeness (QED) is 0.381. The normalized spacial score (nSPS) is 22.8. The molecule has 1 aliphatic carbocycles. The standard InChI is InChI=1S/C12H13N3O2.C7H14O2S/c16-9-7-8(13-1-2-13)12(17)11(15-5-6-15)10(9)14-3-4-14;1-3-4-5-7(2,10)6(8)9/h7H,1-6H2;10H,3-5H2,1-2H3,(H,8,9). The van der Waals surface area contributed by atoms with Gasteiger partial charge in [0.1, 0.15) is 16.1 Å². The lowest BCUT2D eigenvalue weighted by Gasteiger charge is -2.21. The van der Waals surface area contributed by atoms with Crippen LogP contribution in [0.1, 0.15) is 33.1 Å². The van der Waals surface area contributed by atoms with Crippen molar-refractivity contribution in [3.63, 3.8) is 0 Å². The summed E-state index contributed by atoms with van der Waals surface area (Å²) in [6.45, 7) is 9.07. The van der Waals surface area contributed by atoms with E-state index in [0.717, 1.165) is 52.1 Å². The zero-order chi connectivity index (χ0) is 19.8. The number of Topliss-reactive ketones (excluding diaryl/α,β-unsaturated/α-hetero) is 1. The van der Waals surface area contributed by atoms with Gasteiger partial charge in [-0.3, -0.25) is 14.4 Å². The first-order valence-corrected chi connectivity index (χ1v) is 9.96. The number of ketones is 2. The summed E-state index contributed by atoms with van der Waals surface area (Å²) in [5, 5.41) is 8.59. The number of carboxylic acids is 1. The summed E-state index contributed by atoms with van der Waals surface area (Å²) in [6, 6.07) is 0. The van der Waals surface area contributed by atoms with Crippen LogP contribution in [-0.4, -0.2) is 81.4 Å². The molecule has 0 bridgehead atoms. The summed E-state index contributed by atoms with van der Waals surface area (Å²) in [5.41, 5.74) is 1.89. The van der Waals surface area contributed by atoms with Crippen molar-refractivity contribution >= 4 is 30.2 Å². The lowest BCUT2D eigenvalue weighted by Crippen LogP contribution is -2.29. The fourth-order valence-electron chi connectivity index (χ4n) is 2.90. The molecule has 148 valence electrons. The van der Waals surface area contributed by atoms with E-state index in [0.29, 0.717) is 23.5 Å². The predicted molar refractivity (Wildman–Crippen MR) is 104 cm³/mol. The third-order valence-corrected chi connectivity index (χ3v) is 5.38. The molecule has 4 aliphatic rings. The SMILES string of the molecule is CCCCC(C)(S)C(=O)O.O=C1C=C(N2CC2)C(=O)C(N2CC2)=C1N1CC1. The number of hydrogen-bond acceptors (Lipinski definition) is 7. The van der Waals surface area contributed by atoms with Crippen LogP contribution in [-0.2, 0) is 14.4 Å².